The molecule has 0 aromatic heterocycles. The van der Waals surface area contributed by atoms with Crippen molar-refractivity contribution in [1.29, 1.82) is 0 Å². The second-order valence-electron chi connectivity index (χ2n) is 8.68. The van der Waals surface area contributed by atoms with E-state index < -0.39 is 5.60 Å². The Labute approximate surface area is 195 Å². The van der Waals surface area contributed by atoms with Crippen molar-refractivity contribution in [3.63, 3.8) is 0 Å². The number of nitrogens with zero attached hydrogens (tertiary/aromatic N) is 2. The van der Waals surface area contributed by atoms with Gasteiger partial charge in [0.1, 0.15) is 17.9 Å². The molecule has 3 rings (SSSR count). The van der Waals surface area contributed by atoms with E-state index in [1.807, 2.05) is 75.4 Å². The van der Waals surface area contributed by atoms with Crippen LogP contribution in [-0.2, 0) is 14.3 Å². The first-order valence-corrected chi connectivity index (χ1v) is 11.3. The van der Waals surface area contributed by atoms with Gasteiger partial charge in [0.15, 0.2) is 0 Å². The fourth-order valence-electron chi connectivity index (χ4n) is 3.37. The molecule has 7 heteroatoms. The summed E-state index contributed by atoms with van der Waals surface area (Å²) >= 11 is 6.02. The summed E-state index contributed by atoms with van der Waals surface area (Å²) in [7, 11) is 0. The molecule has 1 saturated heterocycles. The number of likely N-dealkylation sites (tertiary alicyclic amines) is 1. The monoisotopic (exact) mass is 458 g/mol. The summed E-state index contributed by atoms with van der Waals surface area (Å²) in [5.74, 6) is 0. The molecule has 32 heavy (non-hydrogen) atoms. The first-order chi connectivity index (χ1) is 15.3. The predicted molar refractivity (Wildman–Crippen MR) is 126 cm³/mol. The van der Waals surface area contributed by atoms with Gasteiger partial charge in [0.2, 0.25) is 0 Å². The van der Waals surface area contributed by atoms with E-state index in [2.05, 4.69) is 5.16 Å². The van der Waals surface area contributed by atoms with Crippen LogP contribution >= 0.6 is 11.6 Å². The van der Waals surface area contributed by atoms with Gasteiger partial charge < -0.3 is 19.2 Å². The Hall–Kier alpha value is -2.57. The maximum Gasteiger partial charge on any atom is 0.410 e. The Kier molecular flexibility index (Phi) is 8.53. The summed E-state index contributed by atoms with van der Waals surface area (Å²) in [4.78, 5) is 19.5. The van der Waals surface area contributed by atoms with Crippen LogP contribution in [-0.4, -0.2) is 54.7 Å². The van der Waals surface area contributed by atoms with Gasteiger partial charge in [-0.15, -0.1) is 0 Å². The number of carbonyl (C=O) groups is 1. The highest BCUT2D eigenvalue weighted by molar-refractivity contribution is 6.30. The maximum atomic E-state index is 12.2. The van der Waals surface area contributed by atoms with Crippen LogP contribution in [0.3, 0.4) is 0 Å². The van der Waals surface area contributed by atoms with Crippen LogP contribution < -0.4 is 0 Å². The van der Waals surface area contributed by atoms with E-state index in [9.17, 15) is 4.79 Å². The number of piperidine rings is 1. The van der Waals surface area contributed by atoms with Crippen molar-refractivity contribution in [2.75, 3.05) is 26.3 Å². The van der Waals surface area contributed by atoms with Crippen molar-refractivity contribution < 1.29 is 19.1 Å². The zero-order chi connectivity index (χ0) is 23.0. The molecule has 0 aliphatic carbocycles. The van der Waals surface area contributed by atoms with Crippen LogP contribution in [0.25, 0.3) is 0 Å². The molecule has 0 atom stereocenters. The Morgan fingerprint density at radius 2 is 1.62 bits per heavy atom. The highest BCUT2D eigenvalue weighted by Crippen LogP contribution is 2.18. The van der Waals surface area contributed by atoms with Gasteiger partial charge in [0.25, 0.3) is 0 Å². The fraction of sp³-hybridized carbons (Fsp3) is 0.440. The summed E-state index contributed by atoms with van der Waals surface area (Å²) < 4.78 is 11.4. The maximum absolute atomic E-state index is 12.2. The lowest BCUT2D eigenvalue weighted by Crippen LogP contribution is -2.43. The van der Waals surface area contributed by atoms with Gasteiger partial charge in [0, 0.05) is 29.2 Å². The average molecular weight is 459 g/mol. The van der Waals surface area contributed by atoms with Crippen LogP contribution in [0.1, 0.15) is 44.7 Å². The molecule has 0 radical (unpaired) electrons. The SMILES string of the molecule is CC(C)(C)OC(=O)N1CCC(OCCON=C(c2ccccc2)c2ccc(Cl)cc2)CC1. The summed E-state index contributed by atoms with van der Waals surface area (Å²) in [6, 6.07) is 17.4. The molecule has 0 saturated carbocycles. The van der Waals surface area contributed by atoms with Crippen molar-refractivity contribution in [1.82, 2.24) is 4.90 Å². The number of amides is 1. The highest BCUT2D eigenvalue weighted by atomic mass is 35.5. The molecule has 1 aliphatic heterocycles. The Morgan fingerprint density at radius 1 is 1.00 bits per heavy atom. The van der Waals surface area contributed by atoms with Crippen molar-refractivity contribution >= 4 is 23.4 Å². The van der Waals surface area contributed by atoms with E-state index in [4.69, 9.17) is 25.9 Å². The number of rotatable bonds is 7. The molecule has 1 heterocycles. The summed E-state index contributed by atoms with van der Waals surface area (Å²) in [5, 5.41) is 5.04. The molecule has 0 N–H and O–H groups in total. The number of halogens is 1. The number of hydrogen-bond acceptors (Lipinski definition) is 5. The van der Waals surface area contributed by atoms with Crippen LogP contribution in [0.4, 0.5) is 4.79 Å². The standard InChI is InChI=1S/C25H31ClN2O4/c1-25(2,3)32-24(29)28-15-13-22(14-16-28)30-17-18-31-27-23(19-7-5-4-6-8-19)20-9-11-21(26)12-10-20/h4-12,22H,13-18H2,1-3H3. The second kappa shape index (κ2) is 11.3. The molecular weight excluding hydrogens is 428 g/mol. The minimum atomic E-state index is -0.479. The van der Waals surface area contributed by atoms with Crippen molar-refractivity contribution in [3.8, 4) is 0 Å². The topological polar surface area (TPSA) is 60.4 Å². The second-order valence-corrected chi connectivity index (χ2v) is 9.12. The van der Waals surface area contributed by atoms with Gasteiger partial charge in [-0.3, -0.25) is 0 Å². The summed E-state index contributed by atoms with van der Waals surface area (Å²) in [6.45, 7) is 7.66. The molecule has 1 aliphatic rings. The summed E-state index contributed by atoms with van der Waals surface area (Å²) in [6.07, 6.45) is 1.40. The van der Waals surface area contributed by atoms with Crippen molar-refractivity contribution in [3.05, 3.63) is 70.7 Å². The third-order valence-corrected chi connectivity index (χ3v) is 5.19. The molecule has 1 amide bonds. The predicted octanol–water partition coefficient (Wildman–Crippen LogP) is 5.53. The van der Waals surface area contributed by atoms with Gasteiger partial charge in [-0.05, 0) is 45.7 Å². The third-order valence-electron chi connectivity index (χ3n) is 4.94. The van der Waals surface area contributed by atoms with E-state index in [0.29, 0.717) is 31.3 Å². The number of benzene rings is 2. The summed E-state index contributed by atoms with van der Waals surface area (Å²) in [5.41, 5.74) is 2.15. The normalized spacial score (nSPS) is 15.5. The van der Waals surface area contributed by atoms with E-state index in [1.165, 1.54) is 0 Å². The number of carbonyl (C=O) groups excluding carboxylic acids is 1. The molecular formula is C25H31ClN2O4. The minimum absolute atomic E-state index is 0.103. The van der Waals surface area contributed by atoms with Crippen LogP contribution in [0.15, 0.2) is 59.8 Å². The smallest absolute Gasteiger partial charge is 0.410 e. The Bertz CT molecular complexity index is 886. The molecule has 0 spiro atoms. The van der Waals surface area contributed by atoms with E-state index in [0.717, 1.165) is 29.7 Å². The van der Waals surface area contributed by atoms with E-state index >= 15 is 0 Å². The third kappa shape index (κ3) is 7.53. The lowest BCUT2D eigenvalue weighted by molar-refractivity contribution is -0.0287. The van der Waals surface area contributed by atoms with Crippen molar-refractivity contribution in [2.45, 2.75) is 45.3 Å². The van der Waals surface area contributed by atoms with Crippen LogP contribution in [0, 0.1) is 0 Å². The quantitative estimate of drug-likeness (QED) is 0.311. The molecule has 0 unspecified atom stereocenters. The van der Waals surface area contributed by atoms with E-state index in [-0.39, 0.29) is 12.2 Å². The highest BCUT2D eigenvalue weighted by Gasteiger charge is 2.27. The fourth-order valence-corrected chi connectivity index (χ4v) is 3.50. The van der Waals surface area contributed by atoms with Crippen molar-refractivity contribution in [2.24, 2.45) is 5.16 Å². The molecule has 172 valence electrons. The van der Waals surface area contributed by atoms with Gasteiger partial charge >= 0.3 is 6.09 Å². The Morgan fingerprint density at radius 3 is 2.25 bits per heavy atom. The molecule has 6 nitrogen and oxygen atoms in total. The number of oxime groups is 1. The van der Waals surface area contributed by atoms with Gasteiger partial charge in [-0.2, -0.15) is 0 Å². The van der Waals surface area contributed by atoms with Crippen LogP contribution in [0.5, 0.6) is 0 Å². The molecule has 0 bridgehead atoms. The lowest BCUT2D eigenvalue weighted by Gasteiger charge is -2.33. The van der Waals surface area contributed by atoms with Gasteiger partial charge in [-0.1, -0.05) is 59.2 Å². The Balaban J connectivity index is 1.46. The first-order valence-electron chi connectivity index (χ1n) is 10.9. The lowest BCUT2D eigenvalue weighted by atomic mass is 10.0. The molecule has 2 aromatic carbocycles. The number of hydrogen-bond donors (Lipinski definition) is 0. The average Bonchev–Trinajstić information content (AvgIpc) is 2.77. The zero-order valence-electron chi connectivity index (χ0n) is 18.9. The number of ether oxygens (including phenoxy) is 2. The van der Waals surface area contributed by atoms with Gasteiger partial charge in [-0.25, -0.2) is 4.79 Å². The van der Waals surface area contributed by atoms with Crippen LogP contribution in [0.2, 0.25) is 5.02 Å². The molecule has 1 fully saturated rings. The minimum Gasteiger partial charge on any atom is -0.444 e. The van der Waals surface area contributed by atoms with Gasteiger partial charge in [0.05, 0.1) is 12.7 Å². The first kappa shape index (κ1) is 24.1. The van der Waals surface area contributed by atoms with E-state index in [1.54, 1.807) is 4.90 Å². The largest absolute Gasteiger partial charge is 0.444 e. The zero-order valence-corrected chi connectivity index (χ0v) is 19.7. The molecule has 2 aromatic rings.